The molecule has 0 radical (unpaired) electrons. The predicted octanol–water partition coefficient (Wildman–Crippen LogP) is 2.87. The lowest BCUT2D eigenvalue weighted by Crippen LogP contribution is -2.55. The van der Waals surface area contributed by atoms with Crippen molar-refractivity contribution >= 4 is 11.8 Å². The van der Waals surface area contributed by atoms with Crippen LogP contribution in [0.2, 0.25) is 0 Å². The zero-order valence-corrected chi connectivity index (χ0v) is 19.4. The summed E-state index contributed by atoms with van der Waals surface area (Å²) in [7, 11) is 1.76. The van der Waals surface area contributed by atoms with Crippen molar-refractivity contribution in [3.8, 4) is 11.1 Å². The number of nitrogens with zero attached hydrogens (tertiary/aromatic N) is 5. The Kier molecular flexibility index (Phi) is 6.53. The molecule has 0 saturated carbocycles. The quantitative estimate of drug-likeness (QED) is 0.629. The second kappa shape index (κ2) is 9.52. The van der Waals surface area contributed by atoms with Crippen molar-refractivity contribution in [2.24, 2.45) is 12.5 Å². The lowest BCUT2D eigenvalue weighted by molar-refractivity contribution is -0.134. The van der Waals surface area contributed by atoms with E-state index in [0.29, 0.717) is 31.6 Å². The van der Waals surface area contributed by atoms with Gasteiger partial charge in [0.25, 0.3) is 5.91 Å². The zero-order valence-electron chi connectivity index (χ0n) is 19.4. The van der Waals surface area contributed by atoms with Gasteiger partial charge >= 0.3 is 0 Å². The van der Waals surface area contributed by atoms with E-state index in [0.717, 1.165) is 23.1 Å². The van der Waals surface area contributed by atoms with Gasteiger partial charge < -0.3 is 10.2 Å². The fourth-order valence-corrected chi connectivity index (χ4v) is 4.63. The highest BCUT2D eigenvalue weighted by atomic mass is 16.2. The minimum atomic E-state index is -0.734. The number of hydrogen-bond donors (Lipinski definition) is 1. The van der Waals surface area contributed by atoms with Gasteiger partial charge in [-0.1, -0.05) is 24.3 Å². The average molecular weight is 447 g/mol. The molecule has 1 aromatic carbocycles. The maximum Gasteiger partial charge on any atom is 0.272 e. The first-order valence-electron chi connectivity index (χ1n) is 11.3. The maximum atomic E-state index is 13.6. The lowest BCUT2D eigenvalue weighted by atomic mass is 9.73. The SMILES string of the molecule is CC(C)NC(=O)[C@]1(Cc2ccccc2-c2cncnc2)CCCN(C(=O)c2ccnn2C)C1. The van der Waals surface area contributed by atoms with Crippen LogP contribution in [-0.4, -0.2) is 55.6 Å². The van der Waals surface area contributed by atoms with Crippen LogP contribution in [0.15, 0.2) is 55.2 Å². The molecule has 172 valence electrons. The number of carbonyl (C=O) groups is 2. The first-order chi connectivity index (χ1) is 15.9. The fourth-order valence-electron chi connectivity index (χ4n) is 4.63. The molecule has 2 amide bonds. The largest absolute Gasteiger partial charge is 0.353 e. The number of nitrogens with one attached hydrogen (secondary N) is 1. The first-order valence-corrected chi connectivity index (χ1v) is 11.3. The zero-order chi connectivity index (χ0) is 23.4. The maximum absolute atomic E-state index is 13.6. The Balaban J connectivity index is 1.70. The van der Waals surface area contributed by atoms with E-state index in [-0.39, 0.29) is 17.9 Å². The summed E-state index contributed by atoms with van der Waals surface area (Å²) in [4.78, 5) is 37.0. The highest BCUT2D eigenvalue weighted by Crippen LogP contribution is 2.37. The van der Waals surface area contributed by atoms with E-state index in [1.165, 1.54) is 6.33 Å². The van der Waals surface area contributed by atoms with Crippen molar-refractivity contribution < 1.29 is 9.59 Å². The van der Waals surface area contributed by atoms with Crippen LogP contribution in [0.25, 0.3) is 11.1 Å². The third-order valence-corrected chi connectivity index (χ3v) is 6.22. The van der Waals surface area contributed by atoms with Crippen molar-refractivity contribution in [1.29, 1.82) is 0 Å². The van der Waals surface area contributed by atoms with Gasteiger partial charge in [0.05, 0.1) is 5.41 Å². The van der Waals surface area contributed by atoms with Crippen molar-refractivity contribution in [2.45, 2.75) is 39.2 Å². The number of aryl methyl sites for hydroxylation is 1. The molecule has 3 heterocycles. The third kappa shape index (κ3) is 4.79. The van der Waals surface area contributed by atoms with Gasteiger partial charge in [-0.05, 0) is 50.3 Å². The summed E-state index contributed by atoms with van der Waals surface area (Å²) < 4.78 is 1.58. The number of benzene rings is 1. The minimum Gasteiger partial charge on any atom is -0.353 e. The molecule has 0 aliphatic carbocycles. The molecule has 0 unspecified atom stereocenters. The Morgan fingerprint density at radius 3 is 2.61 bits per heavy atom. The van der Waals surface area contributed by atoms with Crippen LogP contribution in [-0.2, 0) is 18.3 Å². The second-order valence-corrected chi connectivity index (χ2v) is 9.04. The van der Waals surface area contributed by atoms with Crippen molar-refractivity contribution in [3.05, 3.63) is 66.5 Å². The summed E-state index contributed by atoms with van der Waals surface area (Å²) in [5.74, 6) is -0.111. The van der Waals surface area contributed by atoms with Gasteiger partial charge in [-0.3, -0.25) is 14.3 Å². The van der Waals surface area contributed by atoms with E-state index >= 15 is 0 Å². The first kappa shape index (κ1) is 22.6. The van der Waals surface area contributed by atoms with E-state index in [4.69, 9.17) is 0 Å². The minimum absolute atomic E-state index is 0.00953. The van der Waals surface area contributed by atoms with E-state index in [1.54, 1.807) is 41.3 Å². The van der Waals surface area contributed by atoms with Gasteiger partial charge in [0.2, 0.25) is 5.91 Å². The topological polar surface area (TPSA) is 93.0 Å². The normalized spacial score (nSPS) is 18.4. The number of amides is 2. The molecule has 4 rings (SSSR count). The summed E-state index contributed by atoms with van der Waals surface area (Å²) in [6, 6.07) is 9.77. The molecule has 1 aliphatic rings. The number of aromatic nitrogens is 4. The van der Waals surface area contributed by atoms with Gasteiger partial charge in [0.15, 0.2) is 0 Å². The van der Waals surface area contributed by atoms with E-state index in [2.05, 4.69) is 26.4 Å². The molecule has 1 aliphatic heterocycles. The summed E-state index contributed by atoms with van der Waals surface area (Å²) in [6.07, 6.45) is 8.68. The highest BCUT2D eigenvalue weighted by molar-refractivity contribution is 5.93. The average Bonchev–Trinajstić information content (AvgIpc) is 3.25. The highest BCUT2D eigenvalue weighted by Gasteiger charge is 2.44. The van der Waals surface area contributed by atoms with Gasteiger partial charge in [-0.15, -0.1) is 0 Å². The molecule has 0 spiro atoms. The predicted molar refractivity (Wildman–Crippen MR) is 125 cm³/mol. The molecule has 8 nitrogen and oxygen atoms in total. The van der Waals surface area contributed by atoms with Crippen molar-refractivity contribution in [2.75, 3.05) is 13.1 Å². The Morgan fingerprint density at radius 2 is 1.91 bits per heavy atom. The molecule has 2 aromatic heterocycles. The smallest absolute Gasteiger partial charge is 0.272 e. The summed E-state index contributed by atoms with van der Waals surface area (Å²) in [5, 5.41) is 7.25. The van der Waals surface area contributed by atoms with Gasteiger partial charge in [0.1, 0.15) is 12.0 Å². The lowest BCUT2D eigenvalue weighted by Gasteiger charge is -2.42. The molecular formula is C25H30N6O2. The van der Waals surface area contributed by atoms with Crippen LogP contribution >= 0.6 is 0 Å². The molecule has 8 heteroatoms. The molecular weight excluding hydrogens is 416 g/mol. The molecule has 1 N–H and O–H groups in total. The summed E-state index contributed by atoms with van der Waals surface area (Å²) in [6.45, 7) is 4.90. The number of piperidine rings is 1. The molecule has 1 fully saturated rings. The van der Waals surface area contributed by atoms with Crippen LogP contribution in [0, 0.1) is 5.41 Å². The standard InChI is InChI=1S/C25H30N6O2/c1-18(2)29-24(33)25(10-6-12-31(16-25)23(32)22-9-11-28-30(22)3)13-19-7-4-5-8-21(19)20-14-26-17-27-15-20/h4-5,7-9,11,14-15,17-18H,6,10,12-13,16H2,1-3H3,(H,29,33)/t25-/m0/s1. The molecule has 1 atom stereocenters. The van der Waals surface area contributed by atoms with Gasteiger partial charge in [-0.2, -0.15) is 5.10 Å². The molecule has 0 bridgehead atoms. The number of rotatable bonds is 6. The van der Waals surface area contributed by atoms with E-state index in [1.807, 2.05) is 32.0 Å². The Bertz CT molecular complexity index is 1130. The molecule has 33 heavy (non-hydrogen) atoms. The van der Waals surface area contributed by atoms with E-state index < -0.39 is 5.41 Å². The van der Waals surface area contributed by atoms with Gasteiger partial charge in [-0.25, -0.2) is 9.97 Å². The number of hydrogen-bond acceptors (Lipinski definition) is 5. The van der Waals surface area contributed by atoms with Crippen LogP contribution in [0.5, 0.6) is 0 Å². The number of likely N-dealkylation sites (tertiary alicyclic amines) is 1. The Morgan fingerprint density at radius 1 is 1.15 bits per heavy atom. The summed E-state index contributed by atoms with van der Waals surface area (Å²) in [5.41, 5.74) is 2.75. The Hall–Kier alpha value is -3.55. The van der Waals surface area contributed by atoms with Crippen LogP contribution < -0.4 is 5.32 Å². The monoisotopic (exact) mass is 446 g/mol. The van der Waals surface area contributed by atoms with Gasteiger partial charge in [0, 0.05) is 50.3 Å². The van der Waals surface area contributed by atoms with Crippen LogP contribution in [0.1, 0.15) is 42.7 Å². The third-order valence-electron chi connectivity index (χ3n) is 6.22. The molecule has 3 aromatic rings. The van der Waals surface area contributed by atoms with Crippen LogP contribution in [0.4, 0.5) is 0 Å². The van der Waals surface area contributed by atoms with Crippen LogP contribution in [0.3, 0.4) is 0 Å². The fraction of sp³-hybridized carbons (Fsp3) is 0.400. The molecule has 1 saturated heterocycles. The number of carbonyl (C=O) groups excluding carboxylic acids is 2. The van der Waals surface area contributed by atoms with Crippen molar-refractivity contribution in [3.63, 3.8) is 0 Å². The van der Waals surface area contributed by atoms with Crippen molar-refractivity contribution in [1.82, 2.24) is 30.0 Å². The van der Waals surface area contributed by atoms with E-state index in [9.17, 15) is 9.59 Å². The second-order valence-electron chi connectivity index (χ2n) is 9.04. The summed E-state index contributed by atoms with van der Waals surface area (Å²) >= 11 is 0. The Labute approximate surface area is 194 Å².